The Morgan fingerprint density at radius 3 is 3.00 bits per heavy atom. The van der Waals surface area contributed by atoms with Gasteiger partial charge in [0.25, 0.3) is 0 Å². The lowest BCUT2D eigenvalue weighted by Crippen LogP contribution is -2.51. The Morgan fingerprint density at radius 1 is 1.29 bits per heavy atom. The summed E-state index contributed by atoms with van der Waals surface area (Å²) in [7, 11) is 0. The number of ether oxygens (including phenoxy) is 2. The van der Waals surface area contributed by atoms with Crippen LogP contribution in [0.3, 0.4) is 0 Å². The first-order valence-electron chi connectivity index (χ1n) is 7.70. The van der Waals surface area contributed by atoms with Crippen LogP contribution in [0.15, 0.2) is 6.20 Å². The minimum absolute atomic E-state index is 0.105. The van der Waals surface area contributed by atoms with Crippen LogP contribution in [0.1, 0.15) is 31.0 Å². The lowest BCUT2D eigenvalue weighted by molar-refractivity contribution is -0.145. The first-order chi connectivity index (χ1) is 10.3. The summed E-state index contributed by atoms with van der Waals surface area (Å²) in [6.07, 6.45) is 4.45. The third-order valence-corrected chi connectivity index (χ3v) is 4.81. The van der Waals surface area contributed by atoms with Crippen molar-refractivity contribution >= 4 is 5.91 Å². The Labute approximate surface area is 123 Å². The molecule has 4 rings (SSSR count). The second-order valence-corrected chi connectivity index (χ2v) is 6.05. The molecule has 2 atom stereocenters. The van der Waals surface area contributed by atoms with Gasteiger partial charge in [-0.3, -0.25) is 4.79 Å². The molecular formula is C14H20N4O3. The largest absolute Gasteiger partial charge is 0.381 e. The maximum absolute atomic E-state index is 12.7. The number of piperidine rings is 1. The lowest BCUT2D eigenvalue weighted by Gasteiger charge is -2.42. The average Bonchev–Trinajstić information content (AvgIpc) is 3.03. The van der Waals surface area contributed by atoms with Crippen LogP contribution in [0, 0.1) is 5.92 Å². The van der Waals surface area contributed by atoms with Gasteiger partial charge in [0.05, 0.1) is 30.6 Å². The number of carbonyl (C=O) groups excluding carboxylic acids is 1. The second-order valence-electron chi connectivity index (χ2n) is 6.05. The molecule has 114 valence electrons. The highest BCUT2D eigenvalue weighted by Crippen LogP contribution is 2.31. The van der Waals surface area contributed by atoms with Crippen molar-refractivity contribution in [2.75, 3.05) is 26.3 Å². The van der Waals surface area contributed by atoms with Crippen LogP contribution in [0.25, 0.3) is 0 Å². The van der Waals surface area contributed by atoms with Crippen molar-refractivity contribution in [2.45, 2.75) is 38.0 Å². The van der Waals surface area contributed by atoms with Crippen molar-refractivity contribution in [3.05, 3.63) is 11.9 Å². The molecule has 7 nitrogen and oxygen atoms in total. The molecule has 21 heavy (non-hydrogen) atoms. The summed E-state index contributed by atoms with van der Waals surface area (Å²) in [5.41, 5.74) is 0.997. The molecule has 3 aliphatic heterocycles. The normalized spacial score (nSPS) is 29.8. The smallest absolute Gasteiger partial charge is 0.225 e. The van der Waals surface area contributed by atoms with Gasteiger partial charge in [0.2, 0.25) is 5.91 Å². The second kappa shape index (κ2) is 5.38. The highest BCUT2D eigenvalue weighted by Gasteiger charge is 2.39. The minimum atomic E-state index is 0.105. The van der Waals surface area contributed by atoms with Crippen LogP contribution < -0.4 is 0 Å². The Kier molecular flexibility index (Phi) is 3.39. The molecule has 0 saturated carbocycles. The topological polar surface area (TPSA) is 69.5 Å². The van der Waals surface area contributed by atoms with Crippen LogP contribution in [-0.2, 0) is 20.9 Å². The predicted molar refractivity (Wildman–Crippen MR) is 72.4 cm³/mol. The van der Waals surface area contributed by atoms with Crippen molar-refractivity contribution in [2.24, 2.45) is 5.92 Å². The lowest BCUT2D eigenvalue weighted by atomic mass is 9.95. The van der Waals surface area contributed by atoms with Gasteiger partial charge >= 0.3 is 0 Å². The van der Waals surface area contributed by atoms with Gasteiger partial charge in [-0.15, -0.1) is 5.10 Å². The number of likely N-dealkylation sites (tertiary alicyclic amines) is 1. The maximum Gasteiger partial charge on any atom is 0.225 e. The molecule has 0 aromatic carbocycles. The third-order valence-electron chi connectivity index (χ3n) is 4.81. The molecule has 0 spiro atoms. The fraction of sp³-hybridized carbons (Fsp3) is 0.786. The van der Waals surface area contributed by atoms with Gasteiger partial charge in [-0.1, -0.05) is 5.21 Å². The van der Waals surface area contributed by atoms with E-state index in [-0.39, 0.29) is 24.0 Å². The van der Waals surface area contributed by atoms with E-state index >= 15 is 0 Å². The summed E-state index contributed by atoms with van der Waals surface area (Å²) in [5.74, 6) is 0.388. The van der Waals surface area contributed by atoms with E-state index in [0.29, 0.717) is 26.4 Å². The molecular weight excluding hydrogens is 272 g/mol. The number of rotatable bonds is 1. The number of aromatic nitrogens is 3. The molecule has 2 saturated heterocycles. The molecule has 7 heteroatoms. The molecule has 2 fully saturated rings. The van der Waals surface area contributed by atoms with Crippen molar-refractivity contribution in [1.82, 2.24) is 19.9 Å². The summed E-state index contributed by atoms with van der Waals surface area (Å²) < 4.78 is 13.2. The van der Waals surface area contributed by atoms with Gasteiger partial charge in [0.1, 0.15) is 0 Å². The number of carbonyl (C=O) groups is 1. The number of hydrogen-bond acceptors (Lipinski definition) is 5. The van der Waals surface area contributed by atoms with Crippen LogP contribution >= 0.6 is 0 Å². The van der Waals surface area contributed by atoms with E-state index < -0.39 is 0 Å². The molecule has 1 aromatic rings. The molecule has 1 aromatic heterocycles. The van der Waals surface area contributed by atoms with Gasteiger partial charge in [0, 0.05) is 32.2 Å². The molecule has 0 unspecified atom stereocenters. The Morgan fingerprint density at radius 2 is 2.14 bits per heavy atom. The van der Waals surface area contributed by atoms with E-state index in [1.807, 2.05) is 9.58 Å². The number of fused-ring (bicyclic) bond motifs is 3. The SMILES string of the molecule is O=C(C1CCOCC1)N1CC[C@@H]2OCc3cnnn3[C@H]2C1. The van der Waals surface area contributed by atoms with Gasteiger partial charge in [-0.05, 0) is 19.3 Å². The highest BCUT2D eigenvalue weighted by atomic mass is 16.5. The van der Waals surface area contributed by atoms with Crippen molar-refractivity contribution in [3.63, 3.8) is 0 Å². The summed E-state index contributed by atoms with van der Waals surface area (Å²) in [6.45, 7) is 3.43. The van der Waals surface area contributed by atoms with E-state index in [4.69, 9.17) is 9.47 Å². The zero-order chi connectivity index (χ0) is 14.2. The standard InChI is InChI=1S/C14H20N4O3/c19-14(10-2-5-20-6-3-10)17-4-1-13-12(8-17)18-11(9-21-13)7-15-16-18/h7,10,12-13H,1-6,8-9H2/t12-,13-/m0/s1. The molecule has 1 amide bonds. The van der Waals surface area contributed by atoms with Crippen LogP contribution in [0.2, 0.25) is 0 Å². The molecule has 0 bridgehead atoms. The highest BCUT2D eigenvalue weighted by molar-refractivity contribution is 5.79. The molecule has 0 radical (unpaired) electrons. The Balaban J connectivity index is 1.49. The number of amides is 1. The first-order valence-corrected chi connectivity index (χ1v) is 7.70. The van der Waals surface area contributed by atoms with Crippen molar-refractivity contribution in [1.29, 1.82) is 0 Å². The van der Waals surface area contributed by atoms with Crippen LogP contribution in [0.5, 0.6) is 0 Å². The molecule has 3 aliphatic rings. The third kappa shape index (κ3) is 2.34. The zero-order valence-corrected chi connectivity index (χ0v) is 12.0. The first kappa shape index (κ1) is 13.2. The summed E-state index contributed by atoms with van der Waals surface area (Å²) in [4.78, 5) is 14.6. The average molecular weight is 292 g/mol. The van der Waals surface area contributed by atoms with E-state index in [1.165, 1.54) is 0 Å². The fourth-order valence-corrected chi connectivity index (χ4v) is 3.58. The van der Waals surface area contributed by atoms with Gasteiger partial charge in [0.15, 0.2) is 0 Å². The summed E-state index contributed by atoms with van der Waals surface area (Å²) in [6, 6.07) is 0.105. The molecule has 4 heterocycles. The quantitative estimate of drug-likeness (QED) is 0.748. The van der Waals surface area contributed by atoms with Crippen LogP contribution in [-0.4, -0.2) is 58.2 Å². The molecule has 0 aliphatic carbocycles. The van der Waals surface area contributed by atoms with Crippen LogP contribution in [0.4, 0.5) is 0 Å². The predicted octanol–water partition coefficient (Wildman–Crippen LogP) is 0.377. The monoisotopic (exact) mass is 292 g/mol. The van der Waals surface area contributed by atoms with Crippen molar-refractivity contribution in [3.8, 4) is 0 Å². The summed E-state index contributed by atoms with van der Waals surface area (Å²) >= 11 is 0. The number of hydrogen-bond donors (Lipinski definition) is 0. The Hall–Kier alpha value is -1.47. The van der Waals surface area contributed by atoms with Gasteiger partial charge in [-0.2, -0.15) is 0 Å². The van der Waals surface area contributed by atoms with E-state index in [2.05, 4.69) is 10.3 Å². The molecule has 0 N–H and O–H groups in total. The van der Waals surface area contributed by atoms with E-state index in [0.717, 1.165) is 31.5 Å². The van der Waals surface area contributed by atoms with Gasteiger partial charge < -0.3 is 14.4 Å². The zero-order valence-electron chi connectivity index (χ0n) is 12.0. The fourth-order valence-electron chi connectivity index (χ4n) is 3.58. The van der Waals surface area contributed by atoms with Crippen molar-refractivity contribution < 1.29 is 14.3 Å². The van der Waals surface area contributed by atoms with E-state index in [1.54, 1.807) is 6.20 Å². The maximum atomic E-state index is 12.7. The minimum Gasteiger partial charge on any atom is -0.381 e. The van der Waals surface area contributed by atoms with E-state index in [9.17, 15) is 4.79 Å². The van der Waals surface area contributed by atoms with Gasteiger partial charge in [-0.25, -0.2) is 4.68 Å². The number of nitrogens with zero attached hydrogens (tertiary/aromatic N) is 4. The summed E-state index contributed by atoms with van der Waals surface area (Å²) in [5, 5.41) is 8.14. The Bertz CT molecular complexity index is 526.